The number of ketones is 1. The van der Waals surface area contributed by atoms with Gasteiger partial charge in [0.05, 0.1) is 18.6 Å². The Hall–Kier alpha value is -3.52. The van der Waals surface area contributed by atoms with E-state index >= 15 is 0 Å². The molecule has 0 fully saturated rings. The van der Waals surface area contributed by atoms with Crippen LogP contribution in [0, 0.1) is 0 Å². The third-order valence-electron chi connectivity index (χ3n) is 5.49. The van der Waals surface area contributed by atoms with E-state index in [1.54, 1.807) is 37.4 Å². The maximum atomic E-state index is 13.0. The number of carbonyl (C=O) groups is 1. The van der Waals surface area contributed by atoms with Crippen LogP contribution in [0.2, 0.25) is 10.0 Å². The molecule has 3 aromatic carbocycles. The molecule has 0 amide bonds. The molecule has 2 aromatic heterocycles. The first kappa shape index (κ1) is 24.2. The van der Waals surface area contributed by atoms with E-state index in [0.29, 0.717) is 26.2 Å². The zero-order chi connectivity index (χ0) is 25.2. The van der Waals surface area contributed by atoms with Gasteiger partial charge >= 0.3 is 5.63 Å². The number of hydrogen-bond acceptors (Lipinski definition) is 6. The molecular formula is C27H18Cl2N2O4S. The van der Waals surface area contributed by atoms with Crippen LogP contribution in [0.3, 0.4) is 0 Å². The number of rotatable bonds is 7. The van der Waals surface area contributed by atoms with Crippen molar-refractivity contribution < 1.29 is 13.9 Å². The van der Waals surface area contributed by atoms with E-state index in [-0.39, 0.29) is 17.1 Å². The number of fused-ring (bicyclic) bond motifs is 1. The lowest BCUT2D eigenvalue weighted by molar-refractivity contribution is 0.101. The van der Waals surface area contributed by atoms with Gasteiger partial charge in [-0.15, -0.1) is 0 Å². The quantitative estimate of drug-likeness (QED) is 0.127. The summed E-state index contributed by atoms with van der Waals surface area (Å²) in [5, 5.41) is 2.29. The number of halogens is 2. The number of imidazole rings is 1. The van der Waals surface area contributed by atoms with Crippen LogP contribution in [-0.4, -0.2) is 28.2 Å². The maximum Gasteiger partial charge on any atom is 0.347 e. The molecule has 9 heteroatoms. The van der Waals surface area contributed by atoms with Gasteiger partial charge in [-0.05, 0) is 60.7 Å². The zero-order valence-corrected chi connectivity index (χ0v) is 21.2. The maximum absolute atomic E-state index is 13.0. The minimum absolute atomic E-state index is 0.00986. The molecule has 5 rings (SSSR count). The lowest BCUT2D eigenvalue weighted by atomic mass is 10.1. The summed E-state index contributed by atoms with van der Waals surface area (Å²) in [5.41, 5.74) is 2.10. The van der Waals surface area contributed by atoms with Crippen LogP contribution in [-0.2, 0) is 0 Å². The molecule has 0 spiro atoms. The second-order valence-electron chi connectivity index (χ2n) is 7.83. The molecule has 0 radical (unpaired) electrons. The summed E-state index contributed by atoms with van der Waals surface area (Å²) in [6, 6.07) is 21.3. The average Bonchev–Trinajstić information content (AvgIpc) is 3.32. The van der Waals surface area contributed by atoms with Crippen LogP contribution in [0.5, 0.6) is 5.75 Å². The molecule has 0 aliphatic rings. The molecule has 0 aliphatic carbocycles. The first-order valence-electron chi connectivity index (χ1n) is 10.8. The predicted molar refractivity (Wildman–Crippen MR) is 143 cm³/mol. The van der Waals surface area contributed by atoms with E-state index in [2.05, 4.69) is 0 Å². The summed E-state index contributed by atoms with van der Waals surface area (Å²) in [4.78, 5) is 30.3. The molecular weight excluding hydrogens is 519 g/mol. The highest BCUT2D eigenvalue weighted by atomic mass is 35.5. The molecule has 180 valence electrons. The first-order chi connectivity index (χ1) is 17.4. The topological polar surface area (TPSA) is 74.3 Å². The number of methoxy groups -OCH3 is 1. The Bertz CT molecular complexity index is 1630. The minimum Gasteiger partial charge on any atom is -0.497 e. The van der Waals surface area contributed by atoms with Crippen molar-refractivity contribution in [3.05, 3.63) is 105 Å². The van der Waals surface area contributed by atoms with Crippen LogP contribution in [0.25, 0.3) is 27.9 Å². The van der Waals surface area contributed by atoms with Crippen molar-refractivity contribution in [3.63, 3.8) is 0 Å². The smallest absolute Gasteiger partial charge is 0.347 e. The second-order valence-corrected chi connectivity index (χ2v) is 9.64. The lowest BCUT2D eigenvalue weighted by Crippen LogP contribution is -2.15. The Morgan fingerprint density at radius 3 is 2.44 bits per heavy atom. The molecule has 0 N–H and O–H groups in total. The molecule has 5 aromatic rings. The van der Waals surface area contributed by atoms with Crippen molar-refractivity contribution >= 4 is 51.7 Å². The van der Waals surface area contributed by atoms with Crippen molar-refractivity contribution in [1.82, 2.24) is 9.55 Å². The molecule has 36 heavy (non-hydrogen) atoms. The van der Waals surface area contributed by atoms with Crippen LogP contribution < -0.4 is 10.4 Å². The summed E-state index contributed by atoms with van der Waals surface area (Å²) in [7, 11) is 1.61. The molecule has 0 bridgehead atoms. The number of benzene rings is 3. The monoisotopic (exact) mass is 536 g/mol. The number of nitrogens with zero attached hydrogens (tertiary/aromatic N) is 2. The SMILES string of the molecule is COc1ccc(-n2cc(-c3ccc(Cl)cc3)nc2SCC(=O)c2cc3cc(Cl)ccc3oc2=O)cc1. The van der Waals surface area contributed by atoms with Gasteiger partial charge in [0.25, 0.3) is 0 Å². The fourth-order valence-electron chi connectivity index (χ4n) is 3.65. The molecule has 0 atom stereocenters. The van der Waals surface area contributed by atoms with Gasteiger partial charge in [0.1, 0.15) is 16.9 Å². The van der Waals surface area contributed by atoms with Crippen LogP contribution in [0.1, 0.15) is 10.4 Å². The number of hydrogen-bond donors (Lipinski definition) is 0. The molecule has 0 unspecified atom stereocenters. The largest absolute Gasteiger partial charge is 0.497 e. The van der Waals surface area contributed by atoms with Crippen LogP contribution in [0.4, 0.5) is 0 Å². The fourth-order valence-corrected chi connectivity index (χ4v) is 4.83. The average molecular weight is 537 g/mol. The van der Waals surface area contributed by atoms with Gasteiger partial charge in [0.2, 0.25) is 0 Å². The fraction of sp³-hybridized carbons (Fsp3) is 0.0741. The van der Waals surface area contributed by atoms with Gasteiger partial charge in [-0.3, -0.25) is 9.36 Å². The number of thioether (sulfide) groups is 1. The van der Waals surface area contributed by atoms with Crippen molar-refractivity contribution in [1.29, 1.82) is 0 Å². The van der Waals surface area contributed by atoms with Gasteiger partial charge in [0, 0.05) is 32.9 Å². The Labute approximate surface area is 220 Å². The summed E-state index contributed by atoms with van der Waals surface area (Å²) < 4.78 is 12.5. The van der Waals surface area contributed by atoms with E-state index in [1.165, 1.54) is 17.8 Å². The number of carbonyl (C=O) groups excluding carboxylic acids is 1. The summed E-state index contributed by atoms with van der Waals surface area (Å²) in [6.45, 7) is 0. The molecule has 0 saturated carbocycles. The van der Waals surface area contributed by atoms with Gasteiger partial charge in [-0.25, -0.2) is 9.78 Å². The Morgan fingerprint density at radius 2 is 1.72 bits per heavy atom. The molecule has 2 heterocycles. The summed E-state index contributed by atoms with van der Waals surface area (Å²) in [5.74, 6) is 0.349. The van der Waals surface area contributed by atoms with Crippen molar-refractivity contribution in [2.45, 2.75) is 5.16 Å². The lowest BCUT2D eigenvalue weighted by Gasteiger charge is -2.08. The van der Waals surface area contributed by atoms with Crippen molar-refractivity contribution in [2.24, 2.45) is 0 Å². The number of Topliss-reactive ketones (excluding diaryl/α,β-unsaturated/α-hetero) is 1. The van der Waals surface area contributed by atoms with Gasteiger partial charge in [0.15, 0.2) is 10.9 Å². The van der Waals surface area contributed by atoms with Gasteiger partial charge in [-0.2, -0.15) is 0 Å². The van der Waals surface area contributed by atoms with E-state index in [1.807, 2.05) is 47.2 Å². The third-order valence-corrected chi connectivity index (χ3v) is 6.93. The standard InChI is InChI=1S/C27H18Cl2N2O4S/c1-34-21-9-7-20(8-10-21)31-14-23(16-2-4-18(28)5-3-16)30-27(31)36-15-24(32)22-13-17-12-19(29)6-11-25(17)35-26(22)33/h2-14H,15H2,1H3. The summed E-state index contributed by atoms with van der Waals surface area (Å²) in [6.07, 6.45) is 1.89. The first-order valence-corrected chi connectivity index (χ1v) is 12.5. The van der Waals surface area contributed by atoms with Gasteiger partial charge in [-0.1, -0.05) is 47.1 Å². The van der Waals surface area contributed by atoms with Crippen molar-refractivity contribution in [3.8, 4) is 22.7 Å². The van der Waals surface area contributed by atoms with E-state index in [4.69, 9.17) is 37.3 Å². The number of ether oxygens (including phenoxy) is 1. The van der Waals surface area contributed by atoms with E-state index in [0.717, 1.165) is 22.7 Å². The highest BCUT2D eigenvalue weighted by Crippen LogP contribution is 2.29. The zero-order valence-electron chi connectivity index (χ0n) is 18.9. The predicted octanol–water partition coefficient (Wildman–Crippen LogP) is 6.94. The Balaban J connectivity index is 1.47. The molecule has 0 aliphatic heterocycles. The molecule has 0 saturated heterocycles. The Kier molecular flexibility index (Phi) is 6.87. The highest BCUT2D eigenvalue weighted by molar-refractivity contribution is 7.99. The van der Waals surface area contributed by atoms with Gasteiger partial charge < -0.3 is 9.15 Å². The normalized spacial score (nSPS) is 11.1. The Morgan fingerprint density at radius 1 is 1.00 bits per heavy atom. The highest BCUT2D eigenvalue weighted by Gasteiger charge is 2.18. The number of aromatic nitrogens is 2. The van der Waals surface area contributed by atoms with E-state index < -0.39 is 5.63 Å². The second kappa shape index (κ2) is 10.2. The van der Waals surface area contributed by atoms with Crippen LogP contribution in [0.15, 0.2) is 93.4 Å². The summed E-state index contributed by atoms with van der Waals surface area (Å²) >= 11 is 13.3. The minimum atomic E-state index is -0.684. The van der Waals surface area contributed by atoms with E-state index in [9.17, 15) is 9.59 Å². The third kappa shape index (κ3) is 5.04. The van der Waals surface area contributed by atoms with Crippen LogP contribution >= 0.6 is 35.0 Å². The molecule has 6 nitrogen and oxygen atoms in total. The van der Waals surface area contributed by atoms with Crippen molar-refractivity contribution in [2.75, 3.05) is 12.9 Å².